The van der Waals surface area contributed by atoms with Crippen molar-refractivity contribution in [1.82, 2.24) is 9.97 Å². The number of nitrogens with zero attached hydrogens (tertiary/aromatic N) is 2. The van der Waals surface area contributed by atoms with Crippen molar-refractivity contribution in [2.24, 2.45) is 0 Å². The van der Waals surface area contributed by atoms with E-state index in [9.17, 15) is 0 Å². The summed E-state index contributed by atoms with van der Waals surface area (Å²) in [6, 6.07) is 1.90. The second kappa shape index (κ2) is 5.80. The minimum atomic E-state index is 0.317. The van der Waals surface area contributed by atoms with Gasteiger partial charge in [-0.25, -0.2) is 4.98 Å². The number of oxazole rings is 1. The molecule has 2 aromatic rings. The zero-order chi connectivity index (χ0) is 13.0. The van der Waals surface area contributed by atoms with Crippen LogP contribution in [0.4, 0.5) is 0 Å². The second-order valence-electron chi connectivity index (χ2n) is 4.41. The summed E-state index contributed by atoms with van der Waals surface area (Å²) in [6.45, 7) is 12.4. The molecular formula is C14H22N2O. The van der Waals surface area contributed by atoms with Crippen LogP contribution in [-0.4, -0.2) is 9.97 Å². The van der Waals surface area contributed by atoms with Gasteiger partial charge in [0.15, 0.2) is 11.5 Å². The quantitative estimate of drug-likeness (QED) is 0.768. The molecule has 0 fully saturated rings. The van der Waals surface area contributed by atoms with Crippen molar-refractivity contribution in [1.29, 1.82) is 0 Å². The average molecular weight is 234 g/mol. The van der Waals surface area contributed by atoms with Crippen molar-refractivity contribution in [3.63, 3.8) is 0 Å². The number of pyridine rings is 1. The maximum Gasteiger partial charge on any atom is 0.198 e. The molecule has 0 aliphatic heterocycles. The van der Waals surface area contributed by atoms with Gasteiger partial charge in [0.05, 0.1) is 5.69 Å². The fraction of sp³-hybridized carbons (Fsp3) is 0.571. The lowest BCUT2D eigenvalue weighted by molar-refractivity contribution is 0.496. The van der Waals surface area contributed by atoms with E-state index in [1.165, 1.54) is 0 Å². The van der Waals surface area contributed by atoms with Gasteiger partial charge in [-0.3, -0.25) is 4.98 Å². The van der Waals surface area contributed by atoms with Gasteiger partial charge in [-0.05, 0) is 12.0 Å². The molecule has 0 aliphatic carbocycles. The molecule has 2 heterocycles. The van der Waals surface area contributed by atoms with Crippen molar-refractivity contribution in [2.75, 3.05) is 0 Å². The van der Waals surface area contributed by atoms with Crippen LogP contribution >= 0.6 is 0 Å². The first-order valence-electron chi connectivity index (χ1n) is 6.35. The minimum Gasteiger partial charge on any atom is -0.438 e. The van der Waals surface area contributed by atoms with Crippen molar-refractivity contribution in [3.05, 3.63) is 23.8 Å². The Bertz CT molecular complexity index is 472. The van der Waals surface area contributed by atoms with Crippen LogP contribution in [0.15, 0.2) is 16.7 Å². The SMILES string of the molecule is CC.CC(C)c1nc2ccnc(C(C)C)c2o1. The molecule has 0 atom stereocenters. The third-order valence-corrected chi connectivity index (χ3v) is 2.39. The van der Waals surface area contributed by atoms with E-state index in [4.69, 9.17) is 4.42 Å². The largest absolute Gasteiger partial charge is 0.438 e. The Morgan fingerprint density at radius 1 is 1.06 bits per heavy atom. The standard InChI is InChI=1S/C12H16N2O.C2H6/c1-7(2)10-11-9(5-6-13-10)14-12(15-11)8(3)4;1-2/h5-8H,1-4H3;1-2H3. The van der Waals surface area contributed by atoms with E-state index in [-0.39, 0.29) is 0 Å². The number of rotatable bonds is 2. The van der Waals surface area contributed by atoms with Crippen LogP contribution < -0.4 is 0 Å². The lowest BCUT2D eigenvalue weighted by Gasteiger charge is -2.02. The van der Waals surface area contributed by atoms with Crippen LogP contribution in [0.1, 0.15) is 65.0 Å². The average Bonchev–Trinajstić information content (AvgIpc) is 2.74. The predicted molar refractivity (Wildman–Crippen MR) is 71.3 cm³/mol. The van der Waals surface area contributed by atoms with Crippen LogP contribution in [0.2, 0.25) is 0 Å². The van der Waals surface area contributed by atoms with Crippen molar-refractivity contribution >= 4 is 11.1 Å². The highest BCUT2D eigenvalue weighted by Crippen LogP contribution is 2.26. The van der Waals surface area contributed by atoms with Crippen molar-refractivity contribution in [2.45, 2.75) is 53.4 Å². The van der Waals surface area contributed by atoms with E-state index >= 15 is 0 Å². The normalized spacial score (nSPS) is 10.8. The smallest absolute Gasteiger partial charge is 0.198 e. The molecule has 3 nitrogen and oxygen atoms in total. The summed E-state index contributed by atoms with van der Waals surface area (Å²) >= 11 is 0. The van der Waals surface area contributed by atoms with Gasteiger partial charge in [-0.2, -0.15) is 0 Å². The van der Waals surface area contributed by atoms with Gasteiger partial charge in [0.1, 0.15) is 5.52 Å². The monoisotopic (exact) mass is 234 g/mol. The number of hydrogen-bond donors (Lipinski definition) is 0. The lowest BCUT2D eigenvalue weighted by Crippen LogP contribution is -1.91. The minimum absolute atomic E-state index is 0.317. The van der Waals surface area contributed by atoms with Gasteiger partial charge in [-0.1, -0.05) is 41.5 Å². The Morgan fingerprint density at radius 3 is 2.24 bits per heavy atom. The van der Waals surface area contributed by atoms with Crippen LogP contribution in [0, 0.1) is 0 Å². The summed E-state index contributed by atoms with van der Waals surface area (Å²) in [7, 11) is 0. The molecule has 0 saturated heterocycles. The van der Waals surface area contributed by atoms with Gasteiger partial charge >= 0.3 is 0 Å². The highest BCUT2D eigenvalue weighted by Gasteiger charge is 2.14. The summed E-state index contributed by atoms with van der Waals surface area (Å²) < 4.78 is 5.75. The summed E-state index contributed by atoms with van der Waals surface area (Å²) in [5.74, 6) is 1.47. The molecule has 94 valence electrons. The van der Waals surface area contributed by atoms with E-state index < -0.39 is 0 Å². The van der Waals surface area contributed by atoms with Crippen molar-refractivity contribution in [3.8, 4) is 0 Å². The Kier molecular flexibility index (Phi) is 4.67. The van der Waals surface area contributed by atoms with E-state index in [1.54, 1.807) is 6.20 Å². The summed E-state index contributed by atoms with van der Waals surface area (Å²) in [4.78, 5) is 8.79. The molecule has 0 unspecified atom stereocenters. The number of fused-ring (bicyclic) bond motifs is 1. The molecule has 17 heavy (non-hydrogen) atoms. The van der Waals surface area contributed by atoms with E-state index in [2.05, 4.69) is 37.7 Å². The van der Waals surface area contributed by atoms with Gasteiger partial charge < -0.3 is 4.42 Å². The zero-order valence-corrected chi connectivity index (χ0v) is 11.6. The highest BCUT2D eigenvalue weighted by atomic mass is 16.3. The van der Waals surface area contributed by atoms with Gasteiger partial charge in [-0.15, -0.1) is 0 Å². The first kappa shape index (κ1) is 13.7. The van der Waals surface area contributed by atoms with Gasteiger partial charge in [0.2, 0.25) is 0 Å². The molecular weight excluding hydrogens is 212 g/mol. The van der Waals surface area contributed by atoms with E-state index in [1.807, 2.05) is 19.9 Å². The molecule has 2 aromatic heterocycles. The van der Waals surface area contributed by atoms with E-state index in [0.29, 0.717) is 11.8 Å². The first-order valence-corrected chi connectivity index (χ1v) is 6.35. The van der Waals surface area contributed by atoms with Crippen LogP contribution in [0.5, 0.6) is 0 Å². The Morgan fingerprint density at radius 2 is 1.71 bits per heavy atom. The molecule has 0 radical (unpaired) electrons. The van der Waals surface area contributed by atoms with Crippen LogP contribution in [0.25, 0.3) is 11.1 Å². The molecule has 0 N–H and O–H groups in total. The Hall–Kier alpha value is -1.38. The van der Waals surface area contributed by atoms with Gasteiger partial charge in [0.25, 0.3) is 0 Å². The fourth-order valence-corrected chi connectivity index (χ4v) is 1.55. The topological polar surface area (TPSA) is 38.9 Å². The molecule has 3 heteroatoms. The second-order valence-corrected chi connectivity index (χ2v) is 4.41. The number of hydrogen-bond acceptors (Lipinski definition) is 3. The molecule has 0 saturated carbocycles. The fourth-order valence-electron chi connectivity index (χ4n) is 1.55. The van der Waals surface area contributed by atoms with Crippen molar-refractivity contribution < 1.29 is 4.42 Å². The summed E-state index contributed by atoms with van der Waals surface area (Å²) in [5, 5.41) is 0. The third kappa shape index (κ3) is 2.84. The molecule has 0 aliphatic rings. The molecule has 0 spiro atoms. The molecule has 0 bridgehead atoms. The van der Waals surface area contributed by atoms with Gasteiger partial charge in [0, 0.05) is 12.1 Å². The molecule has 2 rings (SSSR count). The lowest BCUT2D eigenvalue weighted by atomic mass is 10.1. The zero-order valence-electron chi connectivity index (χ0n) is 11.6. The Labute approximate surface area is 103 Å². The molecule has 0 amide bonds. The summed E-state index contributed by atoms with van der Waals surface area (Å²) in [5.41, 5.74) is 2.75. The maximum absolute atomic E-state index is 5.75. The highest BCUT2D eigenvalue weighted by molar-refractivity contribution is 5.75. The number of aromatic nitrogens is 2. The van der Waals surface area contributed by atoms with Crippen LogP contribution in [-0.2, 0) is 0 Å². The maximum atomic E-state index is 5.75. The third-order valence-electron chi connectivity index (χ3n) is 2.39. The Balaban J connectivity index is 0.000000686. The molecule has 0 aromatic carbocycles. The predicted octanol–water partition coefficient (Wildman–Crippen LogP) is 4.50. The van der Waals surface area contributed by atoms with Crippen LogP contribution in [0.3, 0.4) is 0 Å². The first-order chi connectivity index (χ1) is 8.09. The summed E-state index contributed by atoms with van der Waals surface area (Å²) in [6.07, 6.45) is 1.80. The van der Waals surface area contributed by atoms with E-state index in [0.717, 1.165) is 22.7 Å².